The summed E-state index contributed by atoms with van der Waals surface area (Å²) in [7, 11) is 0. The van der Waals surface area contributed by atoms with Crippen LogP contribution in [-0.2, 0) is 0 Å². The van der Waals surface area contributed by atoms with Crippen molar-refractivity contribution in [1.29, 1.82) is 0 Å². The van der Waals surface area contributed by atoms with Crippen LogP contribution in [-0.4, -0.2) is 29.2 Å². The number of non-ortho nitro benzene ring substituents is 1. The van der Waals surface area contributed by atoms with Gasteiger partial charge in [0.2, 0.25) is 5.13 Å². The summed E-state index contributed by atoms with van der Waals surface area (Å²) in [5.74, 6) is 0. The predicted octanol–water partition coefficient (Wildman–Crippen LogP) is 5.01. The number of anilines is 2. The second-order valence-electron chi connectivity index (χ2n) is 5.98. The van der Waals surface area contributed by atoms with Gasteiger partial charge in [0.1, 0.15) is 0 Å². The SMILES string of the molecule is CCN(CC)c1ccc(/C=N\Nc2nc(-c3ccc([N+](=O)[O-])cc3)cs2)cc1. The van der Waals surface area contributed by atoms with Crippen LogP contribution in [0.15, 0.2) is 59.0 Å². The Hall–Kier alpha value is -3.26. The van der Waals surface area contributed by atoms with Gasteiger partial charge in [0.05, 0.1) is 16.8 Å². The van der Waals surface area contributed by atoms with E-state index in [1.165, 1.54) is 29.2 Å². The van der Waals surface area contributed by atoms with Gasteiger partial charge in [-0.15, -0.1) is 11.3 Å². The van der Waals surface area contributed by atoms with E-state index in [2.05, 4.69) is 46.4 Å². The van der Waals surface area contributed by atoms with Crippen LogP contribution in [0.25, 0.3) is 11.3 Å². The molecule has 0 aliphatic carbocycles. The van der Waals surface area contributed by atoms with Crippen molar-refractivity contribution in [2.24, 2.45) is 5.10 Å². The number of thiazole rings is 1. The molecule has 28 heavy (non-hydrogen) atoms. The summed E-state index contributed by atoms with van der Waals surface area (Å²) in [4.78, 5) is 17.1. The molecule has 0 spiro atoms. The van der Waals surface area contributed by atoms with Crippen LogP contribution in [0.2, 0.25) is 0 Å². The van der Waals surface area contributed by atoms with Crippen molar-refractivity contribution in [3.05, 3.63) is 69.6 Å². The number of hydrogen-bond donors (Lipinski definition) is 1. The number of aromatic nitrogens is 1. The summed E-state index contributed by atoms with van der Waals surface area (Å²) >= 11 is 1.43. The van der Waals surface area contributed by atoms with Gasteiger partial charge in [0, 0.05) is 41.9 Å². The summed E-state index contributed by atoms with van der Waals surface area (Å²) in [6, 6.07) is 14.6. The standard InChI is InChI=1S/C20H21N5O2S/c1-3-24(4-2)17-9-5-15(6-10-17)13-21-23-20-22-19(14-28-20)16-7-11-18(12-8-16)25(26)27/h5-14H,3-4H2,1-2H3,(H,22,23)/b21-13-. The van der Waals surface area contributed by atoms with Crippen LogP contribution in [0.5, 0.6) is 0 Å². The fourth-order valence-corrected chi connectivity index (χ4v) is 3.40. The van der Waals surface area contributed by atoms with Gasteiger partial charge in [-0.2, -0.15) is 5.10 Å². The Morgan fingerprint density at radius 3 is 2.43 bits per heavy atom. The maximum Gasteiger partial charge on any atom is 0.269 e. The van der Waals surface area contributed by atoms with Crippen molar-refractivity contribution in [3.63, 3.8) is 0 Å². The van der Waals surface area contributed by atoms with E-state index in [4.69, 9.17) is 0 Å². The Labute approximate surface area is 167 Å². The first-order chi connectivity index (χ1) is 13.6. The van der Waals surface area contributed by atoms with Crippen LogP contribution in [0.4, 0.5) is 16.5 Å². The predicted molar refractivity (Wildman–Crippen MR) is 115 cm³/mol. The molecule has 8 heteroatoms. The molecular weight excluding hydrogens is 374 g/mol. The molecule has 0 aliphatic rings. The first-order valence-electron chi connectivity index (χ1n) is 8.95. The third-order valence-electron chi connectivity index (χ3n) is 4.27. The van der Waals surface area contributed by atoms with E-state index in [1.807, 2.05) is 17.5 Å². The van der Waals surface area contributed by atoms with E-state index in [0.717, 1.165) is 29.9 Å². The molecule has 144 valence electrons. The Morgan fingerprint density at radius 1 is 1.14 bits per heavy atom. The van der Waals surface area contributed by atoms with Gasteiger partial charge in [0.15, 0.2) is 0 Å². The van der Waals surface area contributed by atoms with Crippen LogP contribution >= 0.6 is 11.3 Å². The highest BCUT2D eigenvalue weighted by Crippen LogP contribution is 2.26. The average molecular weight is 395 g/mol. The molecule has 7 nitrogen and oxygen atoms in total. The number of nitro groups is 1. The van der Waals surface area contributed by atoms with Gasteiger partial charge in [-0.05, 0) is 43.7 Å². The van der Waals surface area contributed by atoms with Crippen molar-refractivity contribution in [3.8, 4) is 11.3 Å². The fraction of sp³-hybridized carbons (Fsp3) is 0.200. The molecule has 0 fully saturated rings. The molecule has 1 aromatic heterocycles. The van der Waals surface area contributed by atoms with E-state index >= 15 is 0 Å². The van der Waals surface area contributed by atoms with E-state index in [-0.39, 0.29) is 5.69 Å². The zero-order valence-electron chi connectivity index (χ0n) is 15.7. The van der Waals surface area contributed by atoms with Crippen molar-refractivity contribution < 1.29 is 4.92 Å². The van der Waals surface area contributed by atoms with Crippen LogP contribution < -0.4 is 10.3 Å². The number of nitrogens with one attached hydrogen (secondary N) is 1. The first kappa shape index (κ1) is 19.5. The minimum Gasteiger partial charge on any atom is -0.372 e. The average Bonchev–Trinajstić information content (AvgIpc) is 3.19. The second-order valence-corrected chi connectivity index (χ2v) is 6.83. The molecule has 1 N–H and O–H groups in total. The third kappa shape index (κ3) is 4.72. The molecular formula is C20H21N5O2S. The molecule has 3 rings (SSSR count). The molecule has 0 amide bonds. The van der Waals surface area contributed by atoms with E-state index in [9.17, 15) is 10.1 Å². The minimum absolute atomic E-state index is 0.0638. The fourth-order valence-electron chi connectivity index (χ4n) is 2.73. The number of hydrazone groups is 1. The highest BCUT2D eigenvalue weighted by atomic mass is 32.1. The van der Waals surface area contributed by atoms with E-state index in [0.29, 0.717) is 5.13 Å². The number of benzene rings is 2. The topological polar surface area (TPSA) is 83.7 Å². The maximum absolute atomic E-state index is 10.7. The second kappa shape index (κ2) is 9.09. The third-order valence-corrected chi connectivity index (χ3v) is 5.02. The van der Waals surface area contributed by atoms with Crippen LogP contribution in [0.3, 0.4) is 0 Å². The van der Waals surface area contributed by atoms with Crippen molar-refractivity contribution in [2.45, 2.75) is 13.8 Å². The first-order valence-corrected chi connectivity index (χ1v) is 9.83. The molecule has 0 saturated carbocycles. The lowest BCUT2D eigenvalue weighted by atomic mass is 10.1. The Morgan fingerprint density at radius 2 is 1.82 bits per heavy atom. The molecule has 0 bridgehead atoms. The summed E-state index contributed by atoms with van der Waals surface area (Å²) in [6.45, 7) is 6.24. The Kier molecular flexibility index (Phi) is 6.33. The Balaban J connectivity index is 1.61. The molecule has 0 radical (unpaired) electrons. The molecule has 2 aromatic carbocycles. The molecule has 0 saturated heterocycles. The van der Waals surface area contributed by atoms with Crippen LogP contribution in [0, 0.1) is 10.1 Å². The van der Waals surface area contributed by atoms with Gasteiger partial charge in [-0.1, -0.05) is 12.1 Å². The lowest BCUT2D eigenvalue weighted by Gasteiger charge is -2.20. The summed E-state index contributed by atoms with van der Waals surface area (Å²) < 4.78 is 0. The van der Waals surface area contributed by atoms with Gasteiger partial charge < -0.3 is 4.90 Å². The summed E-state index contributed by atoms with van der Waals surface area (Å²) in [5, 5.41) is 17.5. The molecule has 3 aromatic rings. The van der Waals surface area contributed by atoms with Crippen LogP contribution in [0.1, 0.15) is 19.4 Å². The lowest BCUT2D eigenvalue weighted by Crippen LogP contribution is -2.21. The molecule has 0 aliphatic heterocycles. The number of hydrogen-bond acceptors (Lipinski definition) is 7. The van der Waals surface area contributed by atoms with Gasteiger partial charge in [-0.3, -0.25) is 15.5 Å². The normalized spacial score (nSPS) is 10.9. The van der Waals surface area contributed by atoms with E-state index in [1.54, 1.807) is 18.3 Å². The lowest BCUT2D eigenvalue weighted by molar-refractivity contribution is -0.384. The zero-order valence-corrected chi connectivity index (χ0v) is 16.5. The number of nitrogens with zero attached hydrogens (tertiary/aromatic N) is 4. The molecule has 0 atom stereocenters. The van der Waals surface area contributed by atoms with Gasteiger partial charge in [-0.25, -0.2) is 4.98 Å². The summed E-state index contributed by atoms with van der Waals surface area (Å²) in [6.07, 6.45) is 1.75. The van der Waals surface area contributed by atoms with Crippen molar-refractivity contribution in [2.75, 3.05) is 23.4 Å². The van der Waals surface area contributed by atoms with Crippen molar-refractivity contribution in [1.82, 2.24) is 4.98 Å². The molecule has 0 unspecified atom stereocenters. The monoisotopic (exact) mass is 395 g/mol. The highest BCUT2D eigenvalue weighted by Gasteiger charge is 2.08. The van der Waals surface area contributed by atoms with E-state index < -0.39 is 4.92 Å². The largest absolute Gasteiger partial charge is 0.372 e. The minimum atomic E-state index is -0.416. The zero-order chi connectivity index (χ0) is 19.9. The smallest absolute Gasteiger partial charge is 0.269 e. The molecule has 1 heterocycles. The quantitative estimate of drug-likeness (QED) is 0.329. The number of nitro benzene ring substituents is 1. The number of rotatable bonds is 8. The Bertz CT molecular complexity index is 947. The maximum atomic E-state index is 10.7. The summed E-state index contributed by atoms with van der Waals surface area (Å²) in [5.41, 5.74) is 6.76. The van der Waals surface area contributed by atoms with Crippen molar-refractivity contribution >= 4 is 34.1 Å². The highest BCUT2D eigenvalue weighted by molar-refractivity contribution is 7.14. The van der Waals surface area contributed by atoms with Gasteiger partial charge in [0.25, 0.3) is 5.69 Å². The van der Waals surface area contributed by atoms with Gasteiger partial charge >= 0.3 is 0 Å².